The van der Waals surface area contributed by atoms with Crippen LogP contribution < -0.4 is 22.0 Å². The zero-order valence-electron chi connectivity index (χ0n) is 13.6. The molecule has 1 saturated heterocycles. The van der Waals surface area contributed by atoms with Crippen LogP contribution in [0.3, 0.4) is 0 Å². The zero-order chi connectivity index (χ0) is 17.7. The Hall–Kier alpha value is -2.07. The van der Waals surface area contributed by atoms with Crippen LogP contribution in [0.4, 0.5) is 4.39 Å². The summed E-state index contributed by atoms with van der Waals surface area (Å²) in [6.07, 6.45) is 0. The molecule has 9 heteroatoms. The average molecular weight is 339 g/mol. The van der Waals surface area contributed by atoms with Crippen molar-refractivity contribution in [1.29, 1.82) is 0 Å². The molecular formula is C15H22FN5O3. The van der Waals surface area contributed by atoms with Crippen LogP contribution >= 0.6 is 0 Å². The number of halogens is 1. The van der Waals surface area contributed by atoms with E-state index in [-0.39, 0.29) is 18.2 Å². The summed E-state index contributed by atoms with van der Waals surface area (Å²) in [5.74, 6) is -1.63. The van der Waals surface area contributed by atoms with Gasteiger partial charge < -0.3 is 15.8 Å². The number of hydrazine groups is 2. The summed E-state index contributed by atoms with van der Waals surface area (Å²) in [4.78, 5) is 23.4. The van der Waals surface area contributed by atoms with E-state index in [2.05, 4.69) is 21.0 Å². The molecule has 0 aromatic heterocycles. The first-order valence-electron chi connectivity index (χ1n) is 7.63. The molecule has 132 valence electrons. The Kier molecular flexibility index (Phi) is 6.21. The van der Waals surface area contributed by atoms with Crippen LogP contribution in [0.1, 0.15) is 28.9 Å². The van der Waals surface area contributed by atoms with Crippen LogP contribution in [0.5, 0.6) is 0 Å². The molecule has 2 rings (SSSR count). The van der Waals surface area contributed by atoms with Crippen LogP contribution in [0, 0.1) is 5.82 Å². The quantitative estimate of drug-likeness (QED) is 0.515. The lowest BCUT2D eigenvalue weighted by Gasteiger charge is -2.21. The van der Waals surface area contributed by atoms with Crippen LogP contribution in [0.25, 0.3) is 0 Å². The molecule has 0 bridgehead atoms. The van der Waals surface area contributed by atoms with E-state index in [0.717, 1.165) is 6.07 Å². The van der Waals surface area contributed by atoms with Crippen molar-refractivity contribution in [3.8, 4) is 0 Å². The number of rotatable bonds is 6. The molecule has 1 heterocycles. The molecule has 0 saturated carbocycles. The maximum Gasteiger partial charge on any atom is 0.324 e. The summed E-state index contributed by atoms with van der Waals surface area (Å²) >= 11 is 0. The number of methoxy groups -OCH3 is 1. The van der Waals surface area contributed by atoms with Gasteiger partial charge in [-0.05, 0) is 23.8 Å². The number of ether oxygens (including phenoxy) is 1. The second-order valence-electron chi connectivity index (χ2n) is 5.41. The molecule has 1 fully saturated rings. The zero-order valence-corrected chi connectivity index (χ0v) is 13.6. The Labute approximate surface area is 139 Å². The Bertz CT molecular complexity index is 613. The molecule has 1 amide bonds. The Balaban J connectivity index is 2.10. The van der Waals surface area contributed by atoms with E-state index in [1.54, 1.807) is 6.07 Å². The predicted octanol–water partition coefficient (Wildman–Crippen LogP) is -0.558. The molecule has 8 nitrogen and oxygen atoms in total. The highest BCUT2D eigenvalue weighted by Gasteiger charge is 2.26. The maximum absolute atomic E-state index is 13.9. The van der Waals surface area contributed by atoms with Crippen molar-refractivity contribution in [2.75, 3.05) is 26.7 Å². The number of esters is 1. The minimum Gasteiger partial charge on any atom is -0.468 e. The van der Waals surface area contributed by atoms with Gasteiger partial charge in [0.1, 0.15) is 11.9 Å². The number of hydrogen-bond acceptors (Lipinski definition) is 7. The van der Waals surface area contributed by atoms with Gasteiger partial charge in [0.05, 0.1) is 13.2 Å². The number of nitrogens with two attached hydrogens (primary N) is 1. The number of carbonyl (C=O) groups is 2. The summed E-state index contributed by atoms with van der Waals surface area (Å²) in [6, 6.07) is 3.12. The molecule has 2 atom stereocenters. The van der Waals surface area contributed by atoms with Crippen molar-refractivity contribution in [2.45, 2.75) is 19.0 Å². The van der Waals surface area contributed by atoms with Gasteiger partial charge in [0.25, 0.3) is 5.91 Å². The Morgan fingerprint density at radius 1 is 1.50 bits per heavy atom. The lowest BCUT2D eigenvalue weighted by Crippen LogP contribution is -2.43. The highest BCUT2D eigenvalue weighted by Crippen LogP contribution is 2.23. The van der Waals surface area contributed by atoms with Gasteiger partial charge in [-0.15, -0.1) is 0 Å². The van der Waals surface area contributed by atoms with Crippen LogP contribution in [0.15, 0.2) is 18.2 Å². The minimum atomic E-state index is -0.967. The largest absolute Gasteiger partial charge is 0.468 e. The van der Waals surface area contributed by atoms with E-state index in [1.165, 1.54) is 13.2 Å². The van der Waals surface area contributed by atoms with Crippen molar-refractivity contribution < 1.29 is 18.7 Å². The number of carbonyl (C=O) groups excluding carboxylic acids is 2. The molecular weight excluding hydrogens is 317 g/mol. The fourth-order valence-electron chi connectivity index (χ4n) is 2.50. The Morgan fingerprint density at radius 3 is 2.92 bits per heavy atom. The van der Waals surface area contributed by atoms with Gasteiger partial charge in [0.15, 0.2) is 0 Å². The van der Waals surface area contributed by atoms with Crippen molar-refractivity contribution >= 4 is 11.9 Å². The molecule has 0 spiro atoms. The second-order valence-corrected chi connectivity index (χ2v) is 5.41. The lowest BCUT2D eigenvalue weighted by molar-refractivity contribution is -0.141. The summed E-state index contributed by atoms with van der Waals surface area (Å²) in [5, 5.41) is 4.41. The standard InChI is InChI=1S/C15H22FN5O3/c1-3-21-13(8-19-20-21)9-4-10(6-11(16)5-9)14(22)18-7-12(17)15(23)24-2/h4-6,12-13,19-20H,3,7-8,17H2,1-2H3,(H,18,22)/t12-,13?/m1/s1. The SMILES string of the molecule is CCN1NNCC1c1cc(F)cc(C(=O)NC[C@@H](N)C(=O)OC)c1. The molecule has 1 aromatic carbocycles. The highest BCUT2D eigenvalue weighted by atomic mass is 19.1. The molecule has 0 aliphatic carbocycles. The lowest BCUT2D eigenvalue weighted by atomic mass is 10.0. The van der Waals surface area contributed by atoms with Gasteiger partial charge in [0.2, 0.25) is 0 Å². The number of hydrogen-bond donors (Lipinski definition) is 4. The number of nitrogens with zero attached hydrogens (tertiary/aromatic N) is 1. The van der Waals surface area contributed by atoms with Gasteiger partial charge >= 0.3 is 5.97 Å². The normalized spacial score (nSPS) is 19.1. The third-order valence-electron chi connectivity index (χ3n) is 3.79. The molecule has 5 N–H and O–H groups in total. The smallest absolute Gasteiger partial charge is 0.324 e. The van der Waals surface area contributed by atoms with Crippen LogP contribution in [-0.2, 0) is 9.53 Å². The number of amides is 1. The second kappa shape index (κ2) is 8.15. The van der Waals surface area contributed by atoms with Gasteiger partial charge in [-0.25, -0.2) is 14.8 Å². The fraction of sp³-hybridized carbons (Fsp3) is 0.467. The minimum absolute atomic E-state index is 0.0884. The molecule has 24 heavy (non-hydrogen) atoms. The molecule has 1 aliphatic rings. The van der Waals surface area contributed by atoms with E-state index in [4.69, 9.17) is 5.73 Å². The average Bonchev–Trinajstić information content (AvgIpc) is 3.06. The third kappa shape index (κ3) is 4.26. The van der Waals surface area contributed by atoms with E-state index in [9.17, 15) is 14.0 Å². The summed E-state index contributed by atoms with van der Waals surface area (Å²) in [5.41, 5.74) is 12.4. The summed E-state index contributed by atoms with van der Waals surface area (Å²) < 4.78 is 18.4. The molecule has 1 aliphatic heterocycles. The van der Waals surface area contributed by atoms with Crippen molar-refractivity contribution in [3.63, 3.8) is 0 Å². The van der Waals surface area contributed by atoms with E-state index >= 15 is 0 Å². The first-order valence-corrected chi connectivity index (χ1v) is 7.63. The summed E-state index contributed by atoms with van der Waals surface area (Å²) in [6.45, 7) is 3.17. The topological polar surface area (TPSA) is 109 Å². The van der Waals surface area contributed by atoms with Gasteiger partial charge in [-0.1, -0.05) is 6.92 Å². The van der Waals surface area contributed by atoms with Gasteiger partial charge in [-0.3, -0.25) is 9.59 Å². The molecule has 1 aromatic rings. The van der Waals surface area contributed by atoms with Crippen molar-refractivity contribution in [1.82, 2.24) is 21.3 Å². The maximum atomic E-state index is 13.9. The first kappa shape index (κ1) is 18.3. The van der Waals surface area contributed by atoms with E-state index in [1.807, 2.05) is 11.9 Å². The molecule has 0 radical (unpaired) electrons. The fourth-order valence-corrected chi connectivity index (χ4v) is 2.50. The monoisotopic (exact) mass is 339 g/mol. The number of nitrogens with one attached hydrogen (secondary N) is 3. The first-order chi connectivity index (χ1) is 11.5. The highest BCUT2D eigenvalue weighted by molar-refractivity contribution is 5.94. The predicted molar refractivity (Wildman–Crippen MR) is 85.0 cm³/mol. The van der Waals surface area contributed by atoms with Crippen molar-refractivity contribution in [2.24, 2.45) is 5.73 Å². The number of benzene rings is 1. The third-order valence-corrected chi connectivity index (χ3v) is 3.79. The summed E-state index contributed by atoms with van der Waals surface area (Å²) in [7, 11) is 1.21. The molecule has 1 unspecified atom stereocenters. The van der Waals surface area contributed by atoms with E-state index < -0.39 is 23.7 Å². The van der Waals surface area contributed by atoms with Gasteiger partial charge in [0, 0.05) is 25.2 Å². The number of likely N-dealkylation sites (N-methyl/N-ethyl adjacent to an activating group) is 1. The van der Waals surface area contributed by atoms with Crippen LogP contribution in [0.2, 0.25) is 0 Å². The van der Waals surface area contributed by atoms with Gasteiger partial charge in [-0.2, -0.15) is 5.53 Å². The van der Waals surface area contributed by atoms with Crippen LogP contribution in [-0.4, -0.2) is 49.7 Å². The van der Waals surface area contributed by atoms with E-state index in [0.29, 0.717) is 18.7 Å². The van der Waals surface area contributed by atoms with Crippen molar-refractivity contribution in [3.05, 3.63) is 35.1 Å². The Morgan fingerprint density at radius 2 is 2.25 bits per heavy atom.